The molecule has 1 aromatic carbocycles. The summed E-state index contributed by atoms with van der Waals surface area (Å²) in [6, 6.07) is 11.3. The van der Waals surface area contributed by atoms with Crippen molar-refractivity contribution >= 4 is 54.8 Å². The summed E-state index contributed by atoms with van der Waals surface area (Å²) in [7, 11) is 0. The molecule has 106 valence electrons. The summed E-state index contributed by atoms with van der Waals surface area (Å²) < 4.78 is 2.05. The summed E-state index contributed by atoms with van der Waals surface area (Å²) in [6.45, 7) is 0.215. The van der Waals surface area contributed by atoms with Crippen LogP contribution in [0.15, 0.2) is 52.4 Å². The van der Waals surface area contributed by atoms with E-state index in [9.17, 15) is 4.79 Å². The van der Waals surface area contributed by atoms with Gasteiger partial charge in [-0.05, 0) is 41.8 Å². The summed E-state index contributed by atoms with van der Waals surface area (Å²) in [5.74, 6) is -0.0844. The number of aromatic nitrogens is 1. The molecule has 0 saturated carbocycles. The monoisotopic (exact) mass is 361 g/mol. The second kappa shape index (κ2) is 6.24. The lowest BCUT2D eigenvalue weighted by molar-refractivity contribution is -0.114. The first-order chi connectivity index (χ1) is 10.2. The minimum absolute atomic E-state index is 0.0844. The van der Waals surface area contributed by atoms with Gasteiger partial charge in [-0.3, -0.25) is 9.78 Å². The van der Waals surface area contributed by atoms with Gasteiger partial charge >= 0.3 is 0 Å². The molecule has 0 atom stereocenters. The Labute approximate surface area is 134 Å². The maximum atomic E-state index is 11.9. The highest BCUT2D eigenvalue weighted by Gasteiger charge is 2.06. The Hall–Kier alpha value is -1.92. The fourth-order valence-corrected chi connectivity index (χ4v) is 3.03. The number of hydrogen-bond donors (Lipinski definition) is 2. The quantitative estimate of drug-likeness (QED) is 0.735. The minimum Gasteiger partial charge on any atom is -0.375 e. The van der Waals surface area contributed by atoms with Gasteiger partial charge in [0, 0.05) is 16.4 Å². The van der Waals surface area contributed by atoms with E-state index >= 15 is 0 Å². The predicted molar refractivity (Wildman–Crippen MR) is 90.9 cm³/mol. The van der Waals surface area contributed by atoms with Gasteiger partial charge in [-0.2, -0.15) is 0 Å². The number of nitrogens with one attached hydrogen (secondary N) is 2. The molecule has 21 heavy (non-hydrogen) atoms. The number of fused-ring (bicyclic) bond motifs is 1. The first kappa shape index (κ1) is 14.0. The summed E-state index contributed by atoms with van der Waals surface area (Å²) in [6.07, 6.45) is 1.74. The number of pyridine rings is 1. The molecule has 2 aromatic heterocycles. The summed E-state index contributed by atoms with van der Waals surface area (Å²) in [5.41, 5.74) is 2.65. The number of amides is 1. The van der Waals surface area contributed by atoms with Crippen LogP contribution in [0.5, 0.6) is 0 Å². The van der Waals surface area contributed by atoms with E-state index in [4.69, 9.17) is 0 Å². The van der Waals surface area contributed by atoms with Crippen molar-refractivity contribution in [1.29, 1.82) is 0 Å². The fraction of sp³-hybridized carbons (Fsp3) is 0.0667. The Balaban J connectivity index is 1.63. The van der Waals surface area contributed by atoms with Crippen LogP contribution in [0.25, 0.3) is 10.2 Å². The molecule has 3 aromatic rings. The van der Waals surface area contributed by atoms with Crippen molar-refractivity contribution in [1.82, 2.24) is 4.98 Å². The third kappa shape index (κ3) is 3.40. The van der Waals surface area contributed by atoms with Crippen molar-refractivity contribution in [3.63, 3.8) is 0 Å². The highest BCUT2D eigenvalue weighted by atomic mass is 79.9. The van der Waals surface area contributed by atoms with E-state index in [0.29, 0.717) is 0 Å². The van der Waals surface area contributed by atoms with E-state index in [-0.39, 0.29) is 12.5 Å². The second-order valence-electron chi connectivity index (χ2n) is 4.40. The Morgan fingerprint density at radius 3 is 2.81 bits per heavy atom. The third-order valence-electron chi connectivity index (χ3n) is 2.91. The number of thiophene rings is 1. The van der Waals surface area contributed by atoms with Crippen molar-refractivity contribution in [2.24, 2.45) is 0 Å². The van der Waals surface area contributed by atoms with Gasteiger partial charge in [0.25, 0.3) is 0 Å². The Morgan fingerprint density at radius 2 is 2.00 bits per heavy atom. The molecule has 1 amide bonds. The molecule has 4 nitrogen and oxygen atoms in total. The molecule has 0 unspecified atom stereocenters. The lowest BCUT2D eigenvalue weighted by atomic mass is 10.3. The molecule has 0 radical (unpaired) electrons. The van der Waals surface area contributed by atoms with E-state index < -0.39 is 0 Å². The SMILES string of the molecule is O=C(CNc1ccnc2ccsc12)Nc1ccc(Br)cc1. The van der Waals surface area contributed by atoms with Gasteiger partial charge in [0.15, 0.2) is 0 Å². The minimum atomic E-state index is -0.0844. The Kier molecular flexibility index (Phi) is 4.17. The van der Waals surface area contributed by atoms with Crippen LogP contribution in [-0.4, -0.2) is 17.4 Å². The summed E-state index contributed by atoms with van der Waals surface area (Å²) >= 11 is 4.97. The molecule has 0 bridgehead atoms. The Bertz CT molecular complexity index is 770. The molecule has 6 heteroatoms. The maximum Gasteiger partial charge on any atom is 0.243 e. The molecular weight excluding hydrogens is 350 g/mol. The van der Waals surface area contributed by atoms with E-state index in [1.807, 2.05) is 41.8 Å². The molecule has 0 aliphatic carbocycles. The summed E-state index contributed by atoms with van der Waals surface area (Å²) in [5, 5.41) is 7.99. The van der Waals surface area contributed by atoms with Gasteiger partial charge in [-0.15, -0.1) is 11.3 Å². The number of carbonyl (C=O) groups is 1. The lowest BCUT2D eigenvalue weighted by Crippen LogP contribution is -2.21. The molecule has 0 saturated heterocycles. The lowest BCUT2D eigenvalue weighted by Gasteiger charge is -2.08. The molecule has 0 aliphatic heterocycles. The topological polar surface area (TPSA) is 54.0 Å². The van der Waals surface area contributed by atoms with Crippen LogP contribution in [-0.2, 0) is 4.79 Å². The zero-order valence-electron chi connectivity index (χ0n) is 11.0. The van der Waals surface area contributed by atoms with Crippen molar-refractivity contribution in [2.45, 2.75) is 0 Å². The molecule has 2 N–H and O–H groups in total. The van der Waals surface area contributed by atoms with Crippen LogP contribution in [0, 0.1) is 0 Å². The van der Waals surface area contributed by atoms with Crippen LogP contribution in [0.4, 0.5) is 11.4 Å². The standard InChI is InChI=1S/C15H12BrN3OS/c16-10-1-3-11(4-2-10)19-14(20)9-18-12-5-7-17-13-6-8-21-15(12)13/h1-8H,9H2,(H,17,18)(H,19,20). The van der Waals surface area contributed by atoms with Crippen molar-refractivity contribution in [2.75, 3.05) is 17.2 Å². The predicted octanol–water partition coefficient (Wildman–Crippen LogP) is 4.11. The van der Waals surface area contributed by atoms with Gasteiger partial charge in [0.1, 0.15) is 0 Å². The number of rotatable bonds is 4. The van der Waals surface area contributed by atoms with Crippen LogP contribution < -0.4 is 10.6 Å². The van der Waals surface area contributed by atoms with Crippen LogP contribution in [0.3, 0.4) is 0 Å². The van der Waals surface area contributed by atoms with Crippen LogP contribution in [0.2, 0.25) is 0 Å². The van der Waals surface area contributed by atoms with Crippen molar-refractivity contribution < 1.29 is 4.79 Å². The number of benzene rings is 1. The molecule has 2 heterocycles. The number of nitrogens with zero attached hydrogens (tertiary/aromatic N) is 1. The average Bonchev–Trinajstić information content (AvgIpc) is 2.96. The van der Waals surface area contributed by atoms with E-state index in [1.54, 1.807) is 17.5 Å². The zero-order chi connectivity index (χ0) is 14.7. The third-order valence-corrected chi connectivity index (χ3v) is 4.38. The summed E-state index contributed by atoms with van der Waals surface area (Å²) in [4.78, 5) is 16.2. The normalized spacial score (nSPS) is 10.5. The second-order valence-corrected chi connectivity index (χ2v) is 6.23. The molecule has 0 fully saturated rings. The highest BCUT2D eigenvalue weighted by Crippen LogP contribution is 2.26. The Morgan fingerprint density at radius 1 is 1.19 bits per heavy atom. The van der Waals surface area contributed by atoms with E-state index in [1.165, 1.54) is 0 Å². The number of anilines is 2. The van der Waals surface area contributed by atoms with Crippen molar-refractivity contribution in [3.8, 4) is 0 Å². The van der Waals surface area contributed by atoms with Gasteiger partial charge in [0.2, 0.25) is 5.91 Å². The van der Waals surface area contributed by atoms with Crippen molar-refractivity contribution in [3.05, 3.63) is 52.4 Å². The molecule has 3 rings (SSSR count). The van der Waals surface area contributed by atoms with Gasteiger partial charge in [0.05, 0.1) is 22.4 Å². The smallest absolute Gasteiger partial charge is 0.243 e. The highest BCUT2D eigenvalue weighted by molar-refractivity contribution is 9.10. The largest absolute Gasteiger partial charge is 0.375 e. The molecular formula is C15H12BrN3OS. The first-order valence-electron chi connectivity index (χ1n) is 6.34. The zero-order valence-corrected chi connectivity index (χ0v) is 13.4. The van der Waals surface area contributed by atoms with Gasteiger partial charge < -0.3 is 10.6 Å². The van der Waals surface area contributed by atoms with Crippen LogP contribution in [0.1, 0.15) is 0 Å². The van der Waals surface area contributed by atoms with Crippen LogP contribution >= 0.6 is 27.3 Å². The van der Waals surface area contributed by atoms with Gasteiger partial charge in [-0.25, -0.2) is 0 Å². The van der Waals surface area contributed by atoms with E-state index in [0.717, 1.165) is 26.1 Å². The number of carbonyl (C=O) groups excluding carboxylic acids is 1. The fourth-order valence-electron chi connectivity index (χ4n) is 1.93. The molecule has 0 spiro atoms. The average molecular weight is 362 g/mol. The maximum absolute atomic E-state index is 11.9. The van der Waals surface area contributed by atoms with E-state index in [2.05, 4.69) is 31.5 Å². The number of hydrogen-bond acceptors (Lipinski definition) is 4. The first-order valence-corrected chi connectivity index (χ1v) is 8.01. The van der Waals surface area contributed by atoms with Gasteiger partial charge in [-0.1, -0.05) is 15.9 Å². The number of halogens is 1. The molecule has 0 aliphatic rings.